The van der Waals surface area contributed by atoms with E-state index in [-0.39, 0.29) is 0 Å². The van der Waals surface area contributed by atoms with Crippen LogP contribution in [0.3, 0.4) is 0 Å². The summed E-state index contributed by atoms with van der Waals surface area (Å²) in [5.41, 5.74) is 0.519. The number of hydrogen-bond donors (Lipinski definition) is 0. The quantitative estimate of drug-likeness (QED) is 0.428. The van der Waals surface area contributed by atoms with Crippen LogP contribution in [-0.4, -0.2) is 21.2 Å². The van der Waals surface area contributed by atoms with Gasteiger partial charge in [-0.25, -0.2) is 4.98 Å². The van der Waals surface area contributed by atoms with E-state index in [4.69, 9.17) is 0 Å². The van der Waals surface area contributed by atoms with E-state index < -0.39 is 0 Å². The summed E-state index contributed by atoms with van der Waals surface area (Å²) in [5, 5.41) is 1.09. The molecule has 0 fully saturated rings. The van der Waals surface area contributed by atoms with Crippen molar-refractivity contribution in [2.24, 2.45) is 0 Å². The Bertz CT molecular complexity index is 273. The first-order valence-electron chi connectivity index (χ1n) is 4.89. The molecule has 0 amide bonds. The number of unbranched alkanes of at least 4 members (excludes halogenated alkanes) is 3. The maximum atomic E-state index is 10.4. The first kappa shape index (κ1) is 11.4. The lowest BCUT2D eigenvalue weighted by molar-refractivity contribution is 0.111. The van der Waals surface area contributed by atoms with Gasteiger partial charge in [0.2, 0.25) is 0 Å². The molecule has 0 aliphatic heterocycles. The van der Waals surface area contributed by atoms with E-state index in [0.29, 0.717) is 5.69 Å². The van der Waals surface area contributed by atoms with Gasteiger partial charge in [-0.1, -0.05) is 28.8 Å². The Morgan fingerprint density at radius 1 is 1.36 bits per heavy atom. The fourth-order valence-corrected chi connectivity index (χ4v) is 1.70. The van der Waals surface area contributed by atoms with Crippen molar-refractivity contribution in [1.82, 2.24) is 9.55 Å². The number of alkyl halides is 1. The van der Waals surface area contributed by atoms with Crippen LogP contribution in [-0.2, 0) is 6.54 Å². The Morgan fingerprint density at radius 3 is 2.79 bits per heavy atom. The maximum Gasteiger partial charge on any atom is 0.169 e. The fraction of sp³-hybridized carbons (Fsp3) is 0.600. The van der Waals surface area contributed by atoms with Crippen LogP contribution in [0.2, 0.25) is 0 Å². The normalized spacial score (nSPS) is 10.4. The smallest absolute Gasteiger partial charge is 0.169 e. The van der Waals surface area contributed by atoms with Gasteiger partial charge in [-0.05, 0) is 12.8 Å². The first-order valence-corrected chi connectivity index (χ1v) is 6.02. The van der Waals surface area contributed by atoms with Crippen LogP contribution in [0.25, 0.3) is 0 Å². The van der Waals surface area contributed by atoms with Crippen molar-refractivity contribution in [3.05, 3.63) is 18.2 Å². The minimum absolute atomic E-state index is 0.519. The highest BCUT2D eigenvalue weighted by Crippen LogP contribution is 2.04. The van der Waals surface area contributed by atoms with Crippen LogP contribution in [0.1, 0.15) is 36.2 Å². The standard InChI is InChI=1S/C10H15BrN2O/c11-5-3-1-2-4-6-13-7-10(8-14)12-9-13/h7-9H,1-6H2. The van der Waals surface area contributed by atoms with Gasteiger partial charge in [0.15, 0.2) is 6.29 Å². The van der Waals surface area contributed by atoms with Crippen molar-refractivity contribution in [3.8, 4) is 0 Å². The van der Waals surface area contributed by atoms with Gasteiger partial charge in [0, 0.05) is 18.1 Å². The van der Waals surface area contributed by atoms with Crippen LogP contribution in [0.15, 0.2) is 12.5 Å². The molecule has 1 aromatic rings. The van der Waals surface area contributed by atoms with E-state index in [1.807, 2.05) is 4.57 Å². The summed E-state index contributed by atoms with van der Waals surface area (Å²) in [6, 6.07) is 0. The molecule has 0 bridgehead atoms. The molecule has 0 atom stereocenters. The van der Waals surface area contributed by atoms with Crippen LogP contribution in [0.5, 0.6) is 0 Å². The molecule has 0 N–H and O–H groups in total. The summed E-state index contributed by atoms with van der Waals surface area (Å²) in [4.78, 5) is 14.3. The number of imidazole rings is 1. The van der Waals surface area contributed by atoms with E-state index in [1.165, 1.54) is 19.3 Å². The number of rotatable bonds is 7. The molecule has 78 valence electrons. The molecule has 0 saturated carbocycles. The number of halogens is 1. The number of hydrogen-bond acceptors (Lipinski definition) is 2. The van der Waals surface area contributed by atoms with Gasteiger partial charge in [-0.2, -0.15) is 0 Å². The average Bonchev–Trinajstić information content (AvgIpc) is 2.65. The Labute approximate surface area is 92.7 Å². The molecule has 1 rings (SSSR count). The fourth-order valence-electron chi connectivity index (χ4n) is 1.30. The van der Waals surface area contributed by atoms with Crippen LogP contribution in [0.4, 0.5) is 0 Å². The number of nitrogens with zero attached hydrogens (tertiary/aromatic N) is 2. The second-order valence-electron chi connectivity index (χ2n) is 3.26. The molecule has 0 aliphatic rings. The summed E-state index contributed by atoms with van der Waals surface area (Å²) < 4.78 is 1.97. The summed E-state index contributed by atoms with van der Waals surface area (Å²) in [5.74, 6) is 0. The first-order chi connectivity index (χ1) is 6.86. The van der Waals surface area contributed by atoms with Crippen molar-refractivity contribution < 1.29 is 4.79 Å². The van der Waals surface area contributed by atoms with E-state index in [0.717, 1.165) is 24.6 Å². The van der Waals surface area contributed by atoms with Crippen LogP contribution >= 0.6 is 15.9 Å². The van der Waals surface area contributed by atoms with E-state index in [2.05, 4.69) is 20.9 Å². The van der Waals surface area contributed by atoms with Crippen molar-refractivity contribution in [2.45, 2.75) is 32.2 Å². The third-order valence-corrected chi connectivity index (χ3v) is 2.63. The Balaban J connectivity index is 2.14. The van der Waals surface area contributed by atoms with E-state index in [1.54, 1.807) is 12.5 Å². The molecule has 1 heterocycles. The third-order valence-electron chi connectivity index (χ3n) is 2.07. The molecule has 0 radical (unpaired) electrons. The molecule has 0 aliphatic carbocycles. The predicted molar refractivity (Wildman–Crippen MR) is 59.9 cm³/mol. The Kier molecular flexibility index (Phi) is 5.52. The van der Waals surface area contributed by atoms with Gasteiger partial charge in [0.1, 0.15) is 5.69 Å². The zero-order chi connectivity index (χ0) is 10.2. The van der Waals surface area contributed by atoms with Crippen molar-refractivity contribution in [3.63, 3.8) is 0 Å². The maximum absolute atomic E-state index is 10.4. The monoisotopic (exact) mass is 258 g/mol. The minimum atomic E-state index is 0.519. The molecule has 1 aromatic heterocycles. The third kappa shape index (κ3) is 4.05. The second-order valence-corrected chi connectivity index (χ2v) is 4.05. The molecule has 0 unspecified atom stereocenters. The van der Waals surface area contributed by atoms with Crippen molar-refractivity contribution in [2.75, 3.05) is 5.33 Å². The Hall–Kier alpha value is -0.640. The van der Waals surface area contributed by atoms with Gasteiger partial charge in [-0.3, -0.25) is 4.79 Å². The molecule has 4 heteroatoms. The lowest BCUT2D eigenvalue weighted by atomic mass is 10.2. The summed E-state index contributed by atoms with van der Waals surface area (Å²) >= 11 is 3.41. The topological polar surface area (TPSA) is 34.9 Å². The predicted octanol–water partition coefficient (Wildman–Crippen LogP) is 2.65. The highest BCUT2D eigenvalue weighted by Gasteiger charge is 1.96. The second kappa shape index (κ2) is 6.76. The van der Waals surface area contributed by atoms with Gasteiger partial charge in [0.25, 0.3) is 0 Å². The largest absolute Gasteiger partial charge is 0.337 e. The number of carbonyl (C=O) groups excluding carboxylic acids is 1. The van der Waals surface area contributed by atoms with Gasteiger partial charge < -0.3 is 4.57 Å². The molecule has 0 aromatic carbocycles. The molecule has 0 saturated heterocycles. The minimum Gasteiger partial charge on any atom is -0.337 e. The molecule has 3 nitrogen and oxygen atoms in total. The Morgan fingerprint density at radius 2 is 2.14 bits per heavy atom. The molecule has 14 heavy (non-hydrogen) atoms. The zero-order valence-corrected chi connectivity index (χ0v) is 9.74. The van der Waals surface area contributed by atoms with Crippen molar-refractivity contribution in [1.29, 1.82) is 0 Å². The number of aryl methyl sites for hydroxylation is 1. The SMILES string of the molecule is O=Cc1cn(CCCCCCBr)cn1. The van der Waals surface area contributed by atoms with Crippen LogP contribution in [0, 0.1) is 0 Å². The molecular weight excluding hydrogens is 244 g/mol. The lowest BCUT2D eigenvalue weighted by Crippen LogP contribution is -1.94. The molecule has 0 spiro atoms. The van der Waals surface area contributed by atoms with Gasteiger partial charge in [0.05, 0.1) is 6.33 Å². The number of carbonyl (C=O) groups is 1. The highest BCUT2D eigenvalue weighted by atomic mass is 79.9. The van der Waals surface area contributed by atoms with E-state index in [9.17, 15) is 4.79 Å². The van der Waals surface area contributed by atoms with E-state index >= 15 is 0 Å². The summed E-state index contributed by atoms with van der Waals surface area (Å²) in [6.45, 7) is 0.961. The number of aromatic nitrogens is 2. The highest BCUT2D eigenvalue weighted by molar-refractivity contribution is 9.09. The van der Waals surface area contributed by atoms with Crippen molar-refractivity contribution >= 4 is 22.2 Å². The summed E-state index contributed by atoms with van der Waals surface area (Å²) in [7, 11) is 0. The average molecular weight is 259 g/mol. The molecular formula is C10H15BrN2O. The van der Waals surface area contributed by atoms with Gasteiger partial charge >= 0.3 is 0 Å². The number of aldehydes is 1. The van der Waals surface area contributed by atoms with Crippen LogP contribution < -0.4 is 0 Å². The van der Waals surface area contributed by atoms with Gasteiger partial charge in [-0.15, -0.1) is 0 Å². The summed E-state index contributed by atoms with van der Waals surface area (Å²) in [6.07, 6.45) is 9.18. The lowest BCUT2D eigenvalue weighted by Gasteiger charge is -2.00. The zero-order valence-electron chi connectivity index (χ0n) is 8.16.